The minimum absolute atomic E-state index is 0.0650. The Bertz CT molecular complexity index is 1900. The largest absolute Gasteiger partial charge is 0.416 e. The molecule has 47 heavy (non-hydrogen) atoms. The molecular weight excluding hydrogens is 613 g/mol. The van der Waals surface area contributed by atoms with Crippen molar-refractivity contribution in [3.05, 3.63) is 88.1 Å². The number of amides is 2. The third-order valence-electron chi connectivity index (χ3n) is 8.63. The van der Waals surface area contributed by atoms with Crippen molar-refractivity contribution < 1.29 is 27.2 Å². The van der Waals surface area contributed by atoms with Crippen LogP contribution in [-0.2, 0) is 11.0 Å². The van der Waals surface area contributed by atoms with E-state index in [2.05, 4.69) is 31.6 Å². The highest BCUT2D eigenvalue weighted by molar-refractivity contribution is 5.89. The Morgan fingerprint density at radius 1 is 1.04 bits per heavy atom. The van der Waals surface area contributed by atoms with Gasteiger partial charge in [0.2, 0.25) is 5.91 Å². The van der Waals surface area contributed by atoms with Crippen LogP contribution >= 0.6 is 0 Å². The number of alkyl halides is 3. The molecule has 1 unspecified atom stereocenters. The number of imidazole rings is 1. The molecule has 2 aromatic carbocycles. The smallest absolute Gasteiger partial charge is 0.340 e. The third-order valence-corrected chi connectivity index (χ3v) is 8.63. The molecule has 4 aromatic rings. The van der Waals surface area contributed by atoms with Crippen molar-refractivity contribution in [2.75, 3.05) is 34.2 Å². The highest BCUT2D eigenvalue weighted by Crippen LogP contribution is 2.32. The maximum atomic E-state index is 14.0. The number of hydrogen-bond donors (Lipinski definition) is 1. The standard InChI is InChI=1S/C33H35F3N8O3/c1-21(30(45)40-17-14-27(15-18-40)44(3,4)5)39-31(46)42-29(28-13-16-38-43(28)25-11-9-23(20-37)10-12-25)22(2)41(32(42)47)26-8-6-7-24(19-26)33(34,35)36/h6-13,16,19,21,27H,14-15,17-18H2,1-5H3/p+1. The van der Waals surface area contributed by atoms with Crippen molar-refractivity contribution in [3.8, 4) is 28.8 Å². The van der Waals surface area contributed by atoms with Crippen LogP contribution in [0.5, 0.6) is 0 Å². The van der Waals surface area contributed by atoms with Gasteiger partial charge in [-0.2, -0.15) is 23.5 Å². The van der Waals surface area contributed by atoms with E-state index in [1.807, 2.05) is 6.07 Å². The Kier molecular flexibility index (Phi) is 8.87. The molecule has 3 heterocycles. The Balaban J connectivity index is 1.56. The summed E-state index contributed by atoms with van der Waals surface area (Å²) in [7, 11) is 6.34. The van der Waals surface area contributed by atoms with Gasteiger partial charge in [0.25, 0.3) is 0 Å². The Morgan fingerprint density at radius 2 is 1.70 bits per heavy atom. The number of piperidine rings is 1. The van der Waals surface area contributed by atoms with E-state index >= 15 is 0 Å². The summed E-state index contributed by atoms with van der Waals surface area (Å²) in [6.07, 6.45) is -1.61. The number of carbonyl (C=O) groups excluding carboxylic acids is 2. The van der Waals surface area contributed by atoms with Crippen LogP contribution in [0.2, 0.25) is 0 Å². The van der Waals surface area contributed by atoms with Crippen molar-refractivity contribution in [1.29, 1.82) is 5.26 Å². The molecule has 0 bridgehead atoms. The number of nitrogens with zero attached hydrogens (tertiary/aromatic N) is 7. The summed E-state index contributed by atoms with van der Waals surface area (Å²) in [6, 6.07) is 12.8. The lowest BCUT2D eigenvalue weighted by Crippen LogP contribution is -2.55. The molecule has 2 aromatic heterocycles. The van der Waals surface area contributed by atoms with Crippen molar-refractivity contribution in [2.45, 2.75) is 44.9 Å². The van der Waals surface area contributed by atoms with Crippen molar-refractivity contribution in [1.82, 2.24) is 29.1 Å². The van der Waals surface area contributed by atoms with E-state index in [4.69, 9.17) is 0 Å². The Labute approximate surface area is 269 Å². The zero-order valence-corrected chi connectivity index (χ0v) is 26.7. The number of aromatic nitrogens is 4. The summed E-state index contributed by atoms with van der Waals surface area (Å²) < 4.78 is 45.0. The fourth-order valence-electron chi connectivity index (χ4n) is 6.03. The van der Waals surface area contributed by atoms with Gasteiger partial charge in [-0.25, -0.2) is 18.8 Å². The first-order valence-electron chi connectivity index (χ1n) is 15.1. The second-order valence-corrected chi connectivity index (χ2v) is 12.6. The molecule has 0 saturated carbocycles. The number of hydrogen-bond acceptors (Lipinski definition) is 5. The third kappa shape index (κ3) is 6.57. The molecule has 1 N–H and O–H groups in total. The minimum Gasteiger partial charge on any atom is -0.340 e. The molecule has 1 atom stereocenters. The van der Waals surface area contributed by atoms with E-state index in [0.717, 1.165) is 38.6 Å². The molecule has 246 valence electrons. The lowest BCUT2D eigenvalue weighted by atomic mass is 10.0. The molecule has 14 heteroatoms. The Morgan fingerprint density at radius 3 is 2.30 bits per heavy atom. The van der Waals surface area contributed by atoms with Gasteiger partial charge in [-0.3, -0.25) is 9.36 Å². The topological polar surface area (TPSA) is 118 Å². The van der Waals surface area contributed by atoms with Gasteiger partial charge in [0.1, 0.15) is 11.7 Å². The van der Waals surface area contributed by atoms with Crippen LogP contribution < -0.4 is 11.0 Å². The van der Waals surface area contributed by atoms with E-state index in [0.29, 0.717) is 30.4 Å². The number of benzene rings is 2. The fourth-order valence-corrected chi connectivity index (χ4v) is 6.03. The Hall–Kier alpha value is -5.16. The van der Waals surface area contributed by atoms with Crippen LogP contribution in [0.15, 0.2) is 65.6 Å². The van der Waals surface area contributed by atoms with Gasteiger partial charge in [0, 0.05) is 25.9 Å². The number of likely N-dealkylation sites (tertiary alicyclic amines) is 1. The summed E-state index contributed by atoms with van der Waals surface area (Å²) in [6.45, 7) is 4.11. The highest BCUT2D eigenvalue weighted by Gasteiger charge is 2.35. The number of rotatable bonds is 6. The number of nitriles is 1. The second-order valence-electron chi connectivity index (χ2n) is 12.6. The van der Waals surface area contributed by atoms with Crippen LogP contribution in [0, 0.1) is 18.3 Å². The maximum Gasteiger partial charge on any atom is 0.416 e. The van der Waals surface area contributed by atoms with E-state index in [1.165, 1.54) is 36.9 Å². The van der Waals surface area contributed by atoms with E-state index in [9.17, 15) is 32.8 Å². The molecule has 2 amide bonds. The van der Waals surface area contributed by atoms with Gasteiger partial charge in [0.15, 0.2) is 0 Å². The molecule has 0 aliphatic carbocycles. The summed E-state index contributed by atoms with van der Waals surface area (Å²) in [5.41, 5.74) is -0.547. The predicted molar refractivity (Wildman–Crippen MR) is 168 cm³/mol. The second kappa shape index (κ2) is 12.6. The number of carbonyl (C=O) groups is 2. The van der Waals surface area contributed by atoms with Gasteiger partial charge in [0.05, 0.1) is 73.3 Å². The van der Waals surface area contributed by atoms with Crippen LogP contribution in [0.4, 0.5) is 18.0 Å². The summed E-state index contributed by atoms with van der Waals surface area (Å²) in [4.78, 5) is 43.1. The van der Waals surface area contributed by atoms with Crippen LogP contribution in [0.3, 0.4) is 0 Å². The highest BCUT2D eigenvalue weighted by atomic mass is 19.4. The normalized spacial score (nSPS) is 14.9. The molecule has 11 nitrogen and oxygen atoms in total. The van der Waals surface area contributed by atoms with Gasteiger partial charge < -0.3 is 14.7 Å². The zero-order valence-electron chi connectivity index (χ0n) is 26.7. The van der Waals surface area contributed by atoms with E-state index in [-0.39, 0.29) is 28.7 Å². The summed E-state index contributed by atoms with van der Waals surface area (Å²) in [5.74, 6) is -0.301. The molecule has 0 radical (unpaired) electrons. The first-order chi connectivity index (χ1) is 22.1. The van der Waals surface area contributed by atoms with Crippen molar-refractivity contribution in [3.63, 3.8) is 0 Å². The molecule has 1 fully saturated rings. The van der Waals surface area contributed by atoms with Crippen molar-refractivity contribution >= 4 is 11.9 Å². The monoisotopic (exact) mass is 649 g/mol. The van der Waals surface area contributed by atoms with Gasteiger partial charge in [-0.15, -0.1) is 0 Å². The number of halogens is 3. The zero-order chi connectivity index (χ0) is 34.3. The number of nitrogens with one attached hydrogen (secondary N) is 1. The summed E-state index contributed by atoms with van der Waals surface area (Å²) >= 11 is 0. The molecule has 1 aliphatic heterocycles. The van der Waals surface area contributed by atoms with Gasteiger partial charge in [-0.1, -0.05) is 6.07 Å². The van der Waals surface area contributed by atoms with Crippen LogP contribution in [-0.4, -0.2) is 86.6 Å². The lowest BCUT2D eigenvalue weighted by Gasteiger charge is -2.40. The van der Waals surface area contributed by atoms with Crippen molar-refractivity contribution in [2.24, 2.45) is 0 Å². The first-order valence-corrected chi connectivity index (χ1v) is 15.1. The van der Waals surface area contributed by atoms with Gasteiger partial charge in [-0.05, 0) is 62.4 Å². The average molecular weight is 650 g/mol. The fraction of sp³-hybridized carbons (Fsp3) is 0.364. The molecular formula is C33H36F3N8O3+. The quantitative estimate of drug-likeness (QED) is 0.312. The average Bonchev–Trinajstić information content (AvgIpc) is 3.61. The SMILES string of the molecule is Cc1c(-c2ccnn2-c2ccc(C#N)cc2)n(C(=O)NC(C)C(=O)N2CCC([N+](C)(C)C)CC2)c(=O)n1-c1cccc(C(F)(F)F)c1. The molecule has 0 spiro atoms. The van der Waals surface area contributed by atoms with Crippen LogP contribution in [0.1, 0.15) is 36.6 Å². The first kappa shape index (κ1) is 33.2. The summed E-state index contributed by atoms with van der Waals surface area (Å²) in [5, 5.41) is 16.2. The van der Waals surface area contributed by atoms with Gasteiger partial charge >= 0.3 is 17.9 Å². The maximum absolute atomic E-state index is 14.0. The minimum atomic E-state index is -4.67. The number of quaternary nitrogens is 1. The van der Waals surface area contributed by atoms with E-state index < -0.39 is 29.5 Å². The van der Waals surface area contributed by atoms with E-state index in [1.54, 1.807) is 35.2 Å². The lowest BCUT2D eigenvalue weighted by molar-refractivity contribution is -0.897. The molecule has 1 aliphatic rings. The molecule has 5 rings (SSSR count). The van der Waals surface area contributed by atoms with Crippen LogP contribution in [0.25, 0.3) is 22.8 Å². The predicted octanol–water partition coefficient (Wildman–Crippen LogP) is 4.33. The molecule has 1 saturated heterocycles.